The zero-order valence-corrected chi connectivity index (χ0v) is 49.0. The summed E-state index contributed by atoms with van der Waals surface area (Å²) in [5.41, 5.74) is -1.57. The fourth-order valence-electron chi connectivity index (χ4n) is 9.59. The fraction of sp³-hybridized carbons (Fsp3) is 0.732. The molecule has 20 nitrogen and oxygen atoms in total. The number of nitrogens with zero attached hydrogens (tertiary/aromatic N) is 5. The number of carbonyl (C=O) groups excluding carboxylic acids is 9. The number of nitrogens with one attached hydrogen (secondary N) is 4. The maximum atomic E-state index is 15.1. The predicted octanol–water partition coefficient (Wildman–Crippen LogP) is 3.66. The lowest BCUT2D eigenvalue weighted by molar-refractivity contribution is -0.151. The molecule has 2 aliphatic rings. The van der Waals surface area contributed by atoms with Crippen LogP contribution in [0.3, 0.4) is 0 Å². The number of halogens is 3. The van der Waals surface area contributed by atoms with Gasteiger partial charge < -0.3 is 55.6 Å². The van der Waals surface area contributed by atoms with Crippen molar-refractivity contribution in [2.45, 2.75) is 194 Å². The Bertz CT molecular complexity index is 2250. The fourth-order valence-corrected chi connectivity index (χ4v) is 9.59. The number of carbonyl (C=O) groups is 9. The van der Waals surface area contributed by atoms with Gasteiger partial charge in [-0.2, -0.15) is 13.2 Å². The van der Waals surface area contributed by atoms with Crippen molar-refractivity contribution in [2.75, 3.05) is 53.9 Å². The second-order valence-electron chi connectivity index (χ2n) is 23.5. The van der Waals surface area contributed by atoms with E-state index in [0.717, 1.165) is 33.3 Å². The third-order valence-electron chi connectivity index (χ3n) is 14.0. The molecular weight excluding hydrogens is 1030 g/mol. The van der Waals surface area contributed by atoms with Crippen LogP contribution >= 0.6 is 0 Å². The summed E-state index contributed by atoms with van der Waals surface area (Å²) in [4.78, 5) is 138. The van der Waals surface area contributed by atoms with Crippen LogP contribution in [0.5, 0.6) is 0 Å². The van der Waals surface area contributed by atoms with E-state index in [0.29, 0.717) is 32.4 Å². The van der Waals surface area contributed by atoms with Crippen molar-refractivity contribution in [1.82, 2.24) is 45.8 Å². The smallest absolute Gasteiger partial charge is 0.391 e. The van der Waals surface area contributed by atoms with E-state index >= 15 is 9.59 Å². The van der Waals surface area contributed by atoms with Gasteiger partial charge in [-0.3, -0.25) is 43.2 Å². The Labute approximate surface area is 465 Å². The third kappa shape index (κ3) is 20.6. The molecule has 79 heavy (non-hydrogen) atoms. The maximum Gasteiger partial charge on any atom is 0.416 e. The van der Waals surface area contributed by atoms with Crippen molar-refractivity contribution < 1.29 is 66.2 Å². The van der Waals surface area contributed by atoms with Gasteiger partial charge in [0.2, 0.25) is 53.2 Å². The van der Waals surface area contributed by atoms with Crippen molar-refractivity contribution in [3.05, 3.63) is 35.4 Å². The lowest BCUT2D eigenvalue weighted by atomic mass is 9.96. The van der Waals surface area contributed by atoms with Gasteiger partial charge in [0.15, 0.2) is 0 Å². The average Bonchev–Trinajstić information content (AvgIpc) is 3.36. The molecule has 8 atom stereocenters. The summed E-state index contributed by atoms with van der Waals surface area (Å²) in [6.45, 7) is 18.6. The molecule has 2 fully saturated rings. The Morgan fingerprint density at radius 1 is 0.671 bits per heavy atom. The first kappa shape index (κ1) is 67.4. The molecule has 0 aliphatic carbocycles. The number of aliphatic hydroxyl groups excluding tert-OH is 1. The SMILES string of the molecule is CCCN1CC(=O)N[C@@H]([C@@H](C)O)C(=O)N[C@H](C(=O)N2CCCCC2)CC(=O)N(C)[C@@H](CC(C)C)C(=O)N[C@@H](Cc2ccc(C(F)(F)F)cc2)C(=O)N(C)[C@@H](CC(C)C)C(=O)N(C)[C@@H](CC(C)C)C(=O)N[C@@H](COC(C)(C)C)C1=O. The molecule has 23 heteroatoms. The van der Waals surface area contributed by atoms with Crippen molar-refractivity contribution in [1.29, 1.82) is 0 Å². The number of alkyl halides is 3. The van der Waals surface area contributed by atoms with Gasteiger partial charge in [0.25, 0.3) is 0 Å². The Morgan fingerprint density at radius 3 is 1.67 bits per heavy atom. The highest BCUT2D eigenvalue weighted by molar-refractivity contribution is 5.99. The van der Waals surface area contributed by atoms with E-state index < -0.39 is 132 Å². The number of likely N-dealkylation sites (N-methyl/N-ethyl adjacent to an activating group) is 3. The van der Waals surface area contributed by atoms with E-state index in [4.69, 9.17) is 4.74 Å². The molecular formula is C56H90F3N9O11. The summed E-state index contributed by atoms with van der Waals surface area (Å²) in [6.07, 6.45) is -4.71. The minimum absolute atomic E-state index is 0.0115. The van der Waals surface area contributed by atoms with Gasteiger partial charge in [-0.05, 0) is 108 Å². The van der Waals surface area contributed by atoms with E-state index in [1.807, 2.05) is 27.7 Å². The summed E-state index contributed by atoms with van der Waals surface area (Å²) < 4.78 is 47.3. The number of benzene rings is 1. The van der Waals surface area contributed by atoms with Gasteiger partial charge in [0, 0.05) is 47.2 Å². The normalized spacial score (nSPS) is 24.6. The van der Waals surface area contributed by atoms with Crippen LogP contribution in [0.25, 0.3) is 0 Å². The molecule has 0 aromatic heterocycles. The summed E-state index contributed by atoms with van der Waals surface area (Å²) in [6, 6.07) is -6.12. The average molecular weight is 1120 g/mol. The maximum absolute atomic E-state index is 15.1. The van der Waals surface area contributed by atoms with E-state index in [9.17, 15) is 51.8 Å². The minimum Gasteiger partial charge on any atom is -0.391 e. The van der Waals surface area contributed by atoms with E-state index in [-0.39, 0.29) is 62.2 Å². The molecule has 1 aromatic rings. The number of rotatable bonds is 14. The van der Waals surface area contributed by atoms with Crippen LogP contribution in [0.15, 0.2) is 24.3 Å². The molecule has 5 N–H and O–H groups in total. The largest absolute Gasteiger partial charge is 0.416 e. The Hall–Kier alpha value is -5.84. The third-order valence-corrected chi connectivity index (χ3v) is 14.0. The second kappa shape index (κ2) is 30.1. The van der Waals surface area contributed by atoms with Crippen molar-refractivity contribution in [2.24, 2.45) is 17.8 Å². The first-order valence-electron chi connectivity index (χ1n) is 27.7. The number of piperidine rings is 1. The van der Waals surface area contributed by atoms with Gasteiger partial charge in [-0.1, -0.05) is 60.6 Å². The Kier molecular flexibility index (Phi) is 25.7. The molecule has 9 amide bonds. The predicted molar refractivity (Wildman–Crippen MR) is 290 cm³/mol. The number of aliphatic hydroxyl groups is 1. The second-order valence-corrected chi connectivity index (χ2v) is 23.5. The summed E-state index contributed by atoms with van der Waals surface area (Å²) in [5.74, 6) is -7.91. The number of hydrogen-bond acceptors (Lipinski definition) is 11. The number of hydrogen-bond donors (Lipinski definition) is 5. The topological polar surface area (TPSA) is 247 Å². The zero-order valence-electron chi connectivity index (χ0n) is 49.0. The lowest BCUT2D eigenvalue weighted by Gasteiger charge is -2.38. The van der Waals surface area contributed by atoms with Gasteiger partial charge in [-0.25, -0.2) is 0 Å². The highest BCUT2D eigenvalue weighted by Crippen LogP contribution is 2.30. The van der Waals surface area contributed by atoms with Crippen LogP contribution in [-0.2, 0) is 60.5 Å². The number of likely N-dealkylation sites (tertiary alicyclic amines) is 1. The molecule has 2 heterocycles. The molecule has 3 rings (SSSR count). The first-order chi connectivity index (χ1) is 36.7. The summed E-state index contributed by atoms with van der Waals surface area (Å²) >= 11 is 0. The zero-order chi connectivity index (χ0) is 59.9. The Balaban J connectivity index is 2.36. The highest BCUT2D eigenvalue weighted by atomic mass is 19.4. The summed E-state index contributed by atoms with van der Waals surface area (Å²) in [7, 11) is 4.07. The highest BCUT2D eigenvalue weighted by Gasteiger charge is 2.42. The van der Waals surface area contributed by atoms with Crippen LogP contribution < -0.4 is 21.3 Å². The molecule has 0 bridgehead atoms. The Morgan fingerprint density at radius 2 is 1.18 bits per heavy atom. The molecule has 0 unspecified atom stereocenters. The van der Waals surface area contributed by atoms with Gasteiger partial charge >= 0.3 is 6.18 Å². The summed E-state index contributed by atoms with van der Waals surface area (Å²) in [5, 5.41) is 21.6. The first-order valence-corrected chi connectivity index (χ1v) is 27.7. The molecule has 0 radical (unpaired) electrons. The van der Waals surface area contributed by atoms with Crippen LogP contribution in [0.1, 0.15) is 139 Å². The van der Waals surface area contributed by atoms with Gasteiger partial charge in [-0.15, -0.1) is 0 Å². The molecule has 0 spiro atoms. The van der Waals surface area contributed by atoms with Crippen LogP contribution in [0.2, 0.25) is 0 Å². The van der Waals surface area contributed by atoms with Gasteiger partial charge in [0.05, 0.1) is 36.8 Å². The molecule has 1 aromatic carbocycles. The van der Waals surface area contributed by atoms with Crippen molar-refractivity contribution >= 4 is 53.2 Å². The lowest BCUT2D eigenvalue weighted by Crippen LogP contribution is -2.61. The number of amides is 9. The van der Waals surface area contributed by atoms with Gasteiger partial charge in [0.1, 0.15) is 42.3 Å². The van der Waals surface area contributed by atoms with Crippen molar-refractivity contribution in [3.63, 3.8) is 0 Å². The van der Waals surface area contributed by atoms with Crippen LogP contribution in [0.4, 0.5) is 13.2 Å². The van der Waals surface area contributed by atoms with E-state index in [1.54, 1.807) is 41.5 Å². The van der Waals surface area contributed by atoms with Crippen molar-refractivity contribution in [3.8, 4) is 0 Å². The molecule has 2 aliphatic heterocycles. The molecule has 446 valence electrons. The monoisotopic (exact) mass is 1120 g/mol. The molecule has 0 saturated carbocycles. The quantitative estimate of drug-likeness (QED) is 0.180. The molecule has 2 saturated heterocycles. The van der Waals surface area contributed by atoms with Crippen LogP contribution in [0, 0.1) is 17.8 Å². The minimum atomic E-state index is -4.68. The standard InChI is InChI=1S/C56H90F3N9O11/c1-15-23-68-31-45(70)63-47(36(8)69)50(74)61-40(52(76)67-24-17-16-18-25-67)30-46(71)64(12)42(26-33(2)3)48(72)60-39(29-37-19-21-38(22-20-37)56(57,58)59)51(75)66(14)44(28-35(6)7)54(78)65(13)43(27-34(4)5)49(73)62-41(53(68)77)32-79-55(9,10)11/h19-22,33-36,39-44,47,69H,15-18,23-32H2,1-14H3,(H,60,72)(H,61,74)(H,62,73)(H,63,70)/t36-,39+,40+,41+,42+,43+,44+,47+/m1/s1. The van der Waals surface area contributed by atoms with E-state index in [1.165, 1.54) is 50.0 Å². The van der Waals surface area contributed by atoms with Crippen LogP contribution in [-0.4, -0.2) is 191 Å². The number of ether oxygens (including phenoxy) is 1. The van der Waals surface area contributed by atoms with E-state index in [2.05, 4.69) is 21.3 Å².